The number of methoxy groups -OCH3 is 1. The van der Waals surface area contributed by atoms with Crippen molar-refractivity contribution in [1.82, 2.24) is 0 Å². The molecule has 0 radical (unpaired) electrons. The molecule has 1 heterocycles. The average molecular weight is 552 g/mol. The average Bonchev–Trinajstić information content (AvgIpc) is 2.77. The second kappa shape index (κ2) is 11.6. The first kappa shape index (κ1) is 26.6. The van der Waals surface area contributed by atoms with Crippen LogP contribution in [0.5, 0.6) is 11.5 Å². The summed E-state index contributed by atoms with van der Waals surface area (Å²) in [5.74, 6) is 0.386. The number of hydrogen-bond acceptors (Lipinski definition) is 4. The summed E-state index contributed by atoms with van der Waals surface area (Å²) in [6.45, 7) is 10.2. The zero-order valence-corrected chi connectivity index (χ0v) is 22.4. The second-order valence-corrected chi connectivity index (χ2v) is 10.6. The Morgan fingerprint density at radius 1 is 1.29 bits per heavy atom. The summed E-state index contributed by atoms with van der Waals surface area (Å²) in [5, 5.41) is 9.93. The number of carbonyl (C=O) groups is 1. The maximum atomic E-state index is 11.3. The molecule has 0 saturated carbocycles. The summed E-state index contributed by atoms with van der Waals surface area (Å²) < 4.78 is 18.9. The van der Waals surface area contributed by atoms with Gasteiger partial charge in [0.25, 0.3) is 0 Å². The molecule has 2 aromatic carbocycles. The van der Waals surface area contributed by atoms with Crippen LogP contribution in [0.4, 0.5) is 0 Å². The van der Waals surface area contributed by atoms with Gasteiger partial charge in [0.15, 0.2) is 18.1 Å². The number of halogens is 2. The summed E-state index contributed by atoms with van der Waals surface area (Å²) in [5.41, 5.74) is 2.94. The summed E-state index contributed by atoms with van der Waals surface area (Å²) in [4.78, 5) is 11.3. The van der Waals surface area contributed by atoms with E-state index in [1.54, 1.807) is 6.07 Å². The van der Waals surface area contributed by atoms with Crippen molar-refractivity contribution in [1.29, 1.82) is 0 Å². The van der Waals surface area contributed by atoms with E-state index in [2.05, 4.69) is 48.5 Å². The predicted molar refractivity (Wildman–Crippen MR) is 138 cm³/mol. The fourth-order valence-corrected chi connectivity index (χ4v) is 5.24. The molecule has 1 N–H and O–H groups in total. The van der Waals surface area contributed by atoms with E-state index >= 15 is 0 Å². The van der Waals surface area contributed by atoms with Gasteiger partial charge in [-0.05, 0) is 55.5 Å². The molecule has 1 aliphatic heterocycles. The molecule has 34 heavy (non-hydrogen) atoms. The molecule has 7 heteroatoms. The van der Waals surface area contributed by atoms with E-state index in [-0.39, 0.29) is 24.0 Å². The van der Waals surface area contributed by atoms with Crippen molar-refractivity contribution in [2.45, 2.75) is 51.7 Å². The van der Waals surface area contributed by atoms with Crippen LogP contribution in [0.1, 0.15) is 56.8 Å². The van der Waals surface area contributed by atoms with E-state index in [9.17, 15) is 9.90 Å². The topological polar surface area (TPSA) is 65.0 Å². The molecule has 0 spiro atoms. The number of aliphatic carboxylic acids is 1. The highest BCUT2D eigenvalue weighted by atomic mass is 79.9. The van der Waals surface area contributed by atoms with E-state index < -0.39 is 12.6 Å². The molecule has 1 aliphatic rings. The molecule has 0 aliphatic carbocycles. The van der Waals surface area contributed by atoms with Crippen LogP contribution in [-0.2, 0) is 9.53 Å². The van der Waals surface area contributed by atoms with Crippen LogP contribution < -0.4 is 9.47 Å². The Morgan fingerprint density at radius 3 is 2.53 bits per heavy atom. The first-order valence-electron chi connectivity index (χ1n) is 11.4. The minimum absolute atomic E-state index is 0.00438. The lowest BCUT2D eigenvalue weighted by Crippen LogP contribution is -2.37. The highest BCUT2D eigenvalue weighted by Crippen LogP contribution is 2.51. The lowest BCUT2D eigenvalue weighted by molar-refractivity contribution is -0.139. The Balaban J connectivity index is 2.08. The van der Waals surface area contributed by atoms with Crippen LogP contribution in [0.2, 0.25) is 5.02 Å². The fourth-order valence-electron chi connectivity index (χ4n) is 4.66. The number of benzene rings is 2. The van der Waals surface area contributed by atoms with Gasteiger partial charge in [0, 0.05) is 26.9 Å². The van der Waals surface area contributed by atoms with Crippen molar-refractivity contribution in [2.75, 3.05) is 13.7 Å². The normalized spacial score (nSPS) is 22.4. The van der Waals surface area contributed by atoms with E-state index in [1.807, 2.05) is 25.1 Å². The molecule has 1 fully saturated rings. The molecule has 5 nitrogen and oxygen atoms in total. The van der Waals surface area contributed by atoms with Gasteiger partial charge >= 0.3 is 5.97 Å². The fraction of sp³-hybridized carbons (Fsp3) is 0.444. The van der Waals surface area contributed by atoms with Gasteiger partial charge < -0.3 is 19.3 Å². The standard InChI is InChI=1S/C27H32BrClO5/c1-15(2)10-23-21(17-6-8-19(29)9-7-17)13-20(16(3)4)26(34-23)22-11-18(28)12-24(32-5)27(22)33-14-25(30)31/h6-9,11-12,15,20-21,23,26H,3,10,13-14H2,1-2,4-5H3,(H,30,31)/t20-,21-,23+,26+/m0/s1. The molecule has 3 rings (SSSR count). The molecular weight excluding hydrogens is 520 g/mol. The van der Waals surface area contributed by atoms with Crippen molar-refractivity contribution >= 4 is 33.5 Å². The quantitative estimate of drug-likeness (QED) is 0.328. The molecule has 0 aromatic heterocycles. The van der Waals surface area contributed by atoms with Gasteiger partial charge in [-0.1, -0.05) is 65.7 Å². The molecule has 184 valence electrons. The minimum atomic E-state index is -1.06. The van der Waals surface area contributed by atoms with E-state index in [0.717, 1.165) is 28.5 Å². The van der Waals surface area contributed by atoms with Gasteiger partial charge in [-0.3, -0.25) is 0 Å². The monoisotopic (exact) mass is 550 g/mol. The summed E-state index contributed by atoms with van der Waals surface area (Å²) in [6.07, 6.45) is 1.31. The number of carboxylic acids is 1. The Bertz CT molecular complexity index is 1020. The van der Waals surface area contributed by atoms with Gasteiger partial charge in [-0.15, -0.1) is 0 Å². The van der Waals surface area contributed by atoms with E-state index in [1.165, 1.54) is 12.7 Å². The molecule has 1 saturated heterocycles. The third kappa shape index (κ3) is 6.35. The van der Waals surface area contributed by atoms with Crippen molar-refractivity contribution in [3.8, 4) is 11.5 Å². The lowest BCUT2D eigenvalue weighted by atomic mass is 9.74. The van der Waals surface area contributed by atoms with E-state index in [0.29, 0.717) is 22.4 Å². The van der Waals surface area contributed by atoms with Crippen LogP contribution in [0, 0.1) is 11.8 Å². The van der Waals surface area contributed by atoms with Gasteiger partial charge in [0.05, 0.1) is 19.3 Å². The predicted octanol–water partition coefficient (Wildman–Crippen LogP) is 7.43. The highest BCUT2D eigenvalue weighted by molar-refractivity contribution is 9.10. The van der Waals surface area contributed by atoms with Crippen LogP contribution in [0.25, 0.3) is 0 Å². The van der Waals surface area contributed by atoms with E-state index in [4.69, 9.17) is 25.8 Å². The third-order valence-corrected chi connectivity index (χ3v) is 6.90. The maximum Gasteiger partial charge on any atom is 0.341 e. The minimum Gasteiger partial charge on any atom is -0.493 e. The van der Waals surface area contributed by atoms with Gasteiger partial charge in [0.2, 0.25) is 0 Å². The smallest absolute Gasteiger partial charge is 0.341 e. The van der Waals surface area contributed by atoms with Gasteiger partial charge in [0.1, 0.15) is 0 Å². The third-order valence-electron chi connectivity index (χ3n) is 6.19. The molecular formula is C27H32BrClO5. The molecule has 0 unspecified atom stereocenters. The maximum absolute atomic E-state index is 11.3. The zero-order chi connectivity index (χ0) is 25.0. The molecule has 4 atom stereocenters. The largest absolute Gasteiger partial charge is 0.493 e. The summed E-state index contributed by atoms with van der Waals surface area (Å²) in [6, 6.07) is 11.7. The van der Waals surface area contributed by atoms with Crippen LogP contribution in [0.3, 0.4) is 0 Å². The molecule has 0 bridgehead atoms. The van der Waals surface area contributed by atoms with Gasteiger partial charge in [-0.25, -0.2) is 4.79 Å². The Kier molecular flexibility index (Phi) is 9.07. The first-order chi connectivity index (χ1) is 16.1. The summed E-state index contributed by atoms with van der Waals surface area (Å²) in [7, 11) is 1.54. The van der Waals surface area contributed by atoms with Crippen molar-refractivity contribution in [3.05, 3.63) is 69.2 Å². The number of ether oxygens (including phenoxy) is 3. The number of carboxylic acid groups (broad SMARTS) is 1. The van der Waals surface area contributed by atoms with Crippen LogP contribution in [-0.4, -0.2) is 30.9 Å². The first-order valence-corrected chi connectivity index (χ1v) is 12.6. The van der Waals surface area contributed by atoms with Crippen molar-refractivity contribution < 1.29 is 24.1 Å². The Morgan fingerprint density at radius 2 is 1.97 bits per heavy atom. The highest BCUT2D eigenvalue weighted by Gasteiger charge is 2.41. The van der Waals surface area contributed by atoms with Gasteiger partial charge in [-0.2, -0.15) is 0 Å². The number of rotatable bonds is 9. The lowest BCUT2D eigenvalue weighted by Gasteiger charge is -2.43. The Hall–Kier alpha value is -2.02. The number of hydrogen-bond donors (Lipinski definition) is 1. The van der Waals surface area contributed by atoms with Crippen LogP contribution in [0.15, 0.2) is 53.0 Å². The second-order valence-electron chi connectivity index (χ2n) is 9.28. The van der Waals surface area contributed by atoms with Crippen molar-refractivity contribution in [2.24, 2.45) is 11.8 Å². The SMILES string of the molecule is C=C(C)[C@@H]1C[C@@H](c2ccc(Cl)cc2)[C@@H](CC(C)C)O[C@H]1c1cc(Br)cc(OC)c1OCC(=O)O. The molecule has 2 aromatic rings. The van der Waals surface area contributed by atoms with Crippen molar-refractivity contribution in [3.63, 3.8) is 0 Å². The Labute approximate surface area is 215 Å². The van der Waals surface area contributed by atoms with Crippen LogP contribution >= 0.6 is 27.5 Å². The zero-order valence-electron chi connectivity index (χ0n) is 20.0. The molecule has 0 amide bonds. The summed E-state index contributed by atoms with van der Waals surface area (Å²) >= 11 is 9.71.